The number of nitrogens with one attached hydrogen (secondary N) is 1. The highest BCUT2D eigenvalue weighted by molar-refractivity contribution is 5.80. The molecule has 84 valence electrons. The molecular formula is C13H16N2O. The summed E-state index contributed by atoms with van der Waals surface area (Å²) in [5, 5.41) is 4.62. The monoisotopic (exact) mass is 216 g/mol. The predicted octanol–water partition coefficient (Wildman–Crippen LogP) is 1.84. The third-order valence-electron chi connectivity index (χ3n) is 3.16. The zero-order valence-electron chi connectivity index (χ0n) is 9.28. The summed E-state index contributed by atoms with van der Waals surface area (Å²) >= 11 is 0. The Morgan fingerprint density at radius 1 is 1.19 bits per heavy atom. The maximum Gasteiger partial charge on any atom is 0.134 e. The van der Waals surface area contributed by atoms with Crippen molar-refractivity contribution in [2.75, 3.05) is 26.2 Å². The van der Waals surface area contributed by atoms with E-state index in [-0.39, 0.29) is 0 Å². The summed E-state index contributed by atoms with van der Waals surface area (Å²) in [5.74, 6) is 0. The van der Waals surface area contributed by atoms with Crippen LogP contribution >= 0.6 is 0 Å². The summed E-state index contributed by atoms with van der Waals surface area (Å²) in [6, 6.07) is 8.24. The number of benzene rings is 1. The van der Waals surface area contributed by atoms with Crippen molar-refractivity contribution in [3.05, 3.63) is 36.1 Å². The van der Waals surface area contributed by atoms with Crippen LogP contribution in [-0.2, 0) is 6.54 Å². The van der Waals surface area contributed by atoms with Crippen LogP contribution in [0.1, 0.15) is 5.56 Å². The molecule has 3 rings (SSSR count). The summed E-state index contributed by atoms with van der Waals surface area (Å²) in [5.41, 5.74) is 2.30. The van der Waals surface area contributed by atoms with Crippen LogP contribution in [-0.4, -0.2) is 31.1 Å². The highest BCUT2D eigenvalue weighted by Crippen LogP contribution is 2.21. The van der Waals surface area contributed by atoms with Crippen molar-refractivity contribution in [1.29, 1.82) is 0 Å². The van der Waals surface area contributed by atoms with Gasteiger partial charge in [-0.2, -0.15) is 0 Å². The molecule has 0 unspecified atom stereocenters. The molecule has 16 heavy (non-hydrogen) atoms. The summed E-state index contributed by atoms with van der Waals surface area (Å²) in [6.45, 7) is 5.43. The molecule has 3 heteroatoms. The van der Waals surface area contributed by atoms with Crippen LogP contribution in [0.5, 0.6) is 0 Å². The Morgan fingerprint density at radius 3 is 2.88 bits per heavy atom. The molecule has 1 aliphatic rings. The highest BCUT2D eigenvalue weighted by Gasteiger charge is 2.12. The van der Waals surface area contributed by atoms with Crippen molar-refractivity contribution >= 4 is 11.0 Å². The first kappa shape index (κ1) is 9.87. The van der Waals surface area contributed by atoms with Crippen LogP contribution in [0.25, 0.3) is 11.0 Å². The van der Waals surface area contributed by atoms with Crippen LogP contribution < -0.4 is 5.32 Å². The molecule has 1 aromatic carbocycles. The molecule has 0 aliphatic carbocycles. The first-order valence-electron chi connectivity index (χ1n) is 5.82. The van der Waals surface area contributed by atoms with E-state index in [4.69, 9.17) is 4.42 Å². The lowest BCUT2D eigenvalue weighted by molar-refractivity contribution is 0.233. The van der Waals surface area contributed by atoms with E-state index in [1.54, 1.807) is 0 Å². The van der Waals surface area contributed by atoms with Crippen molar-refractivity contribution in [3.63, 3.8) is 0 Å². The molecule has 0 radical (unpaired) electrons. The molecule has 0 amide bonds. The number of piperazine rings is 1. The Labute approximate surface area is 95.0 Å². The van der Waals surface area contributed by atoms with E-state index in [9.17, 15) is 0 Å². The lowest BCUT2D eigenvalue weighted by Crippen LogP contribution is -2.42. The number of hydrogen-bond acceptors (Lipinski definition) is 3. The second-order valence-electron chi connectivity index (χ2n) is 4.28. The van der Waals surface area contributed by atoms with Crippen molar-refractivity contribution in [2.45, 2.75) is 6.54 Å². The van der Waals surface area contributed by atoms with Gasteiger partial charge in [-0.05, 0) is 6.07 Å². The fourth-order valence-electron chi connectivity index (χ4n) is 2.27. The molecule has 1 aromatic heterocycles. The lowest BCUT2D eigenvalue weighted by atomic mass is 10.1. The topological polar surface area (TPSA) is 28.4 Å². The third kappa shape index (κ3) is 1.84. The van der Waals surface area contributed by atoms with Gasteiger partial charge in [0.2, 0.25) is 0 Å². The largest absolute Gasteiger partial charge is 0.464 e. The highest BCUT2D eigenvalue weighted by atomic mass is 16.3. The van der Waals surface area contributed by atoms with E-state index in [2.05, 4.69) is 22.3 Å². The van der Waals surface area contributed by atoms with Crippen LogP contribution in [0.2, 0.25) is 0 Å². The predicted molar refractivity (Wildman–Crippen MR) is 64.4 cm³/mol. The number of para-hydroxylation sites is 1. The first-order chi connectivity index (χ1) is 7.93. The van der Waals surface area contributed by atoms with E-state index in [0.717, 1.165) is 38.3 Å². The molecule has 2 aromatic rings. The zero-order chi connectivity index (χ0) is 10.8. The standard InChI is InChI=1S/C13H16N2O/c1-2-4-13-12(3-1)11(10-16-13)9-15-7-5-14-6-8-15/h1-4,10,14H,5-9H2. The van der Waals surface area contributed by atoms with Crippen molar-refractivity contribution < 1.29 is 4.42 Å². The lowest BCUT2D eigenvalue weighted by Gasteiger charge is -2.26. The molecule has 1 fully saturated rings. The molecule has 0 saturated carbocycles. The molecule has 0 bridgehead atoms. The van der Waals surface area contributed by atoms with Gasteiger partial charge < -0.3 is 9.73 Å². The molecule has 1 aliphatic heterocycles. The average Bonchev–Trinajstić information content (AvgIpc) is 2.74. The normalized spacial score (nSPS) is 18.0. The minimum Gasteiger partial charge on any atom is -0.464 e. The molecule has 2 heterocycles. The molecular weight excluding hydrogens is 200 g/mol. The smallest absolute Gasteiger partial charge is 0.134 e. The van der Waals surface area contributed by atoms with Gasteiger partial charge in [0.05, 0.1) is 6.26 Å². The van der Waals surface area contributed by atoms with E-state index >= 15 is 0 Å². The fourth-order valence-corrected chi connectivity index (χ4v) is 2.27. The van der Waals surface area contributed by atoms with Gasteiger partial charge in [-0.15, -0.1) is 0 Å². The van der Waals surface area contributed by atoms with Gasteiger partial charge in [-0.3, -0.25) is 4.90 Å². The Kier molecular flexibility index (Phi) is 2.64. The molecule has 0 spiro atoms. The van der Waals surface area contributed by atoms with E-state index in [1.807, 2.05) is 18.4 Å². The number of nitrogens with zero attached hydrogens (tertiary/aromatic N) is 1. The van der Waals surface area contributed by atoms with E-state index in [1.165, 1.54) is 10.9 Å². The van der Waals surface area contributed by atoms with Gasteiger partial charge in [0.25, 0.3) is 0 Å². The van der Waals surface area contributed by atoms with Gasteiger partial charge in [0.15, 0.2) is 0 Å². The van der Waals surface area contributed by atoms with Crippen molar-refractivity contribution in [1.82, 2.24) is 10.2 Å². The Balaban J connectivity index is 1.83. The van der Waals surface area contributed by atoms with E-state index < -0.39 is 0 Å². The quantitative estimate of drug-likeness (QED) is 0.830. The Morgan fingerprint density at radius 2 is 2.00 bits per heavy atom. The Hall–Kier alpha value is -1.32. The van der Waals surface area contributed by atoms with Crippen LogP contribution in [0.3, 0.4) is 0 Å². The minimum absolute atomic E-state index is 0.993. The van der Waals surface area contributed by atoms with Crippen molar-refractivity contribution in [3.8, 4) is 0 Å². The van der Waals surface area contributed by atoms with Crippen LogP contribution in [0, 0.1) is 0 Å². The summed E-state index contributed by atoms with van der Waals surface area (Å²) in [7, 11) is 0. The van der Waals surface area contributed by atoms with E-state index in [0.29, 0.717) is 0 Å². The number of hydrogen-bond donors (Lipinski definition) is 1. The zero-order valence-corrected chi connectivity index (χ0v) is 9.28. The molecule has 1 saturated heterocycles. The van der Waals surface area contributed by atoms with Crippen LogP contribution in [0.15, 0.2) is 34.9 Å². The van der Waals surface area contributed by atoms with Crippen LogP contribution in [0.4, 0.5) is 0 Å². The maximum absolute atomic E-state index is 5.55. The first-order valence-corrected chi connectivity index (χ1v) is 5.82. The second kappa shape index (κ2) is 4.28. The fraction of sp³-hybridized carbons (Fsp3) is 0.385. The van der Waals surface area contributed by atoms with Gasteiger partial charge >= 0.3 is 0 Å². The minimum atomic E-state index is 0.993. The average molecular weight is 216 g/mol. The van der Waals surface area contributed by atoms with Gasteiger partial charge in [-0.25, -0.2) is 0 Å². The summed E-state index contributed by atoms with van der Waals surface area (Å²) in [4.78, 5) is 2.47. The van der Waals surface area contributed by atoms with Gasteiger partial charge in [0, 0.05) is 43.7 Å². The number of rotatable bonds is 2. The Bertz CT molecular complexity index is 471. The number of fused-ring (bicyclic) bond motifs is 1. The molecule has 0 atom stereocenters. The van der Waals surface area contributed by atoms with Gasteiger partial charge in [-0.1, -0.05) is 18.2 Å². The summed E-state index contributed by atoms with van der Waals surface area (Å²) < 4.78 is 5.55. The van der Waals surface area contributed by atoms with Gasteiger partial charge in [0.1, 0.15) is 5.58 Å². The summed E-state index contributed by atoms with van der Waals surface area (Å²) in [6.07, 6.45) is 1.90. The van der Waals surface area contributed by atoms with Crippen molar-refractivity contribution in [2.24, 2.45) is 0 Å². The number of furan rings is 1. The second-order valence-corrected chi connectivity index (χ2v) is 4.28. The molecule has 1 N–H and O–H groups in total. The third-order valence-corrected chi connectivity index (χ3v) is 3.16. The molecule has 3 nitrogen and oxygen atoms in total. The maximum atomic E-state index is 5.55. The SMILES string of the molecule is c1ccc2c(CN3CCNCC3)coc2c1.